The van der Waals surface area contributed by atoms with Crippen LogP contribution in [0.2, 0.25) is 0 Å². The lowest BCUT2D eigenvalue weighted by molar-refractivity contribution is -0.118. The van der Waals surface area contributed by atoms with Gasteiger partial charge in [0.05, 0.1) is 5.69 Å². The van der Waals surface area contributed by atoms with Gasteiger partial charge in [0.2, 0.25) is 0 Å². The molecule has 0 bridgehead atoms. The number of aryl methyl sites for hydroxylation is 2. The SMILES string of the molecule is CCc1sc(NC(=O)COc2cc(C)c(Br)cc2C(C)C)nc1-c1ccc(Br)cc1. The number of rotatable bonds is 7. The van der Waals surface area contributed by atoms with Crippen LogP contribution in [-0.4, -0.2) is 17.5 Å². The molecule has 2 aromatic carbocycles. The molecule has 1 heterocycles. The van der Waals surface area contributed by atoms with E-state index < -0.39 is 0 Å². The average Bonchev–Trinajstić information content (AvgIpc) is 3.11. The minimum absolute atomic E-state index is 0.0601. The molecule has 3 rings (SSSR count). The van der Waals surface area contributed by atoms with E-state index in [0.29, 0.717) is 11.0 Å². The summed E-state index contributed by atoms with van der Waals surface area (Å²) >= 11 is 8.53. The van der Waals surface area contributed by atoms with E-state index in [1.165, 1.54) is 11.3 Å². The zero-order valence-corrected chi connectivity index (χ0v) is 21.4. The Morgan fingerprint density at radius 1 is 1.20 bits per heavy atom. The summed E-state index contributed by atoms with van der Waals surface area (Å²) in [5.74, 6) is 0.813. The molecule has 1 amide bonds. The molecule has 0 atom stereocenters. The van der Waals surface area contributed by atoms with Crippen LogP contribution in [0.3, 0.4) is 0 Å². The Balaban J connectivity index is 1.72. The summed E-state index contributed by atoms with van der Waals surface area (Å²) in [4.78, 5) is 18.3. The maximum Gasteiger partial charge on any atom is 0.264 e. The van der Waals surface area contributed by atoms with E-state index in [0.717, 1.165) is 48.4 Å². The van der Waals surface area contributed by atoms with E-state index in [2.05, 4.69) is 69.0 Å². The maximum absolute atomic E-state index is 12.5. The Kier molecular flexibility index (Phi) is 7.71. The Morgan fingerprint density at radius 2 is 1.90 bits per heavy atom. The molecule has 0 saturated carbocycles. The standard InChI is InChI=1S/C23H24Br2N2O2S/c1-5-20-22(15-6-8-16(24)9-7-15)27-23(30-20)26-21(28)12-29-19-10-14(4)18(25)11-17(19)13(2)3/h6-11,13H,5,12H2,1-4H3,(H,26,27,28). The molecule has 0 spiro atoms. The molecular weight excluding hydrogens is 528 g/mol. The Bertz CT molecular complexity index is 1050. The molecular formula is C23H24Br2N2O2S. The quantitative estimate of drug-likeness (QED) is 0.334. The minimum atomic E-state index is -0.218. The molecule has 0 aliphatic heterocycles. The third kappa shape index (κ3) is 5.50. The van der Waals surface area contributed by atoms with Crippen LogP contribution in [0.25, 0.3) is 11.3 Å². The second kappa shape index (κ2) is 10.1. The maximum atomic E-state index is 12.5. The van der Waals surface area contributed by atoms with Crippen molar-refractivity contribution >= 4 is 54.2 Å². The molecule has 0 aliphatic rings. The number of amides is 1. The number of anilines is 1. The van der Waals surface area contributed by atoms with Crippen molar-refractivity contribution in [3.8, 4) is 17.0 Å². The number of carbonyl (C=O) groups excluding carboxylic acids is 1. The van der Waals surface area contributed by atoms with Gasteiger partial charge < -0.3 is 4.74 Å². The highest BCUT2D eigenvalue weighted by Crippen LogP contribution is 2.33. The summed E-state index contributed by atoms with van der Waals surface area (Å²) in [7, 11) is 0. The van der Waals surface area contributed by atoms with E-state index in [4.69, 9.17) is 4.74 Å². The van der Waals surface area contributed by atoms with Crippen molar-refractivity contribution in [3.05, 3.63) is 61.3 Å². The van der Waals surface area contributed by atoms with Crippen LogP contribution < -0.4 is 10.1 Å². The van der Waals surface area contributed by atoms with Crippen LogP contribution in [0.4, 0.5) is 5.13 Å². The van der Waals surface area contributed by atoms with Gasteiger partial charge >= 0.3 is 0 Å². The number of halogens is 2. The molecule has 7 heteroatoms. The fraction of sp³-hybridized carbons (Fsp3) is 0.304. The number of carbonyl (C=O) groups is 1. The van der Waals surface area contributed by atoms with Crippen LogP contribution >= 0.6 is 43.2 Å². The van der Waals surface area contributed by atoms with E-state index in [-0.39, 0.29) is 12.5 Å². The first-order valence-corrected chi connectivity index (χ1v) is 12.2. The lowest BCUT2D eigenvalue weighted by Crippen LogP contribution is -2.20. The summed E-state index contributed by atoms with van der Waals surface area (Å²) < 4.78 is 7.93. The minimum Gasteiger partial charge on any atom is -0.483 e. The molecule has 158 valence electrons. The Hall–Kier alpha value is -1.70. The first-order valence-electron chi connectivity index (χ1n) is 9.76. The van der Waals surface area contributed by atoms with E-state index in [1.54, 1.807) is 0 Å². The first-order chi connectivity index (χ1) is 14.3. The number of hydrogen-bond acceptors (Lipinski definition) is 4. The lowest BCUT2D eigenvalue weighted by Gasteiger charge is -2.15. The van der Waals surface area contributed by atoms with Crippen LogP contribution in [0.15, 0.2) is 45.3 Å². The van der Waals surface area contributed by atoms with Crippen molar-refractivity contribution < 1.29 is 9.53 Å². The molecule has 0 radical (unpaired) electrons. The van der Waals surface area contributed by atoms with Crippen molar-refractivity contribution in [2.75, 3.05) is 11.9 Å². The van der Waals surface area contributed by atoms with Gasteiger partial charge in [-0.2, -0.15) is 0 Å². The summed E-state index contributed by atoms with van der Waals surface area (Å²) in [6.07, 6.45) is 0.853. The largest absolute Gasteiger partial charge is 0.483 e. The van der Waals surface area contributed by atoms with Crippen molar-refractivity contribution in [2.45, 2.75) is 40.0 Å². The van der Waals surface area contributed by atoms with Crippen LogP contribution in [0, 0.1) is 6.92 Å². The van der Waals surface area contributed by atoms with Gasteiger partial charge in [-0.25, -0.2) is 4.98 Å². The monoisotopic (exact) mass is 550 g/mol. The molecule has 4 nitrogen and oxygen atoms in total. The van der Waals surface area contributed by atoms with Gasteiger partial charge in [-0.1, -0.05) is 64.8 Å². The molecule has 0 saturated heterocycles. The van der Waals surface area contributed by atoms with E-state index in [1.807, 2.05) is 37.3 Å². The van der Waals surface area contributed by atoms with Crippen molar-refractivity contribution in [2.24, 2.45) is 0 Å². The van der Waals surface area contributed by atoms with Crippen LogP contribution in [0.5, 0.6) is 5.75 Å². The fourth-order valence-electron chi connectivity index (χ4n) is 3.02. The molecule has 1 N–H and O–H groups in total. The van der Waals surface area contributed by atoms with Gasteiger partial charge in [-0.05, 0) is 54.7 Å². The Morgan fingerprint density at radius 3 is 2.53 bits per heavy atom. The normalized spacial score (nSPS) is 11.0. The van der Waals surface area contributed by atoms with Gasteiger partial charge in [0, 0.05) is 19.4 Å². The summed E-state index contributed by atoms with van der Waals surface area (Å²) in [5.41, 5.74) is 4.09. The molecule has 0 fully saturated rings. The third-order valence-electron chi connectivity index (χ3n) is 4.65. The molecule has 0 aliphatic carbocycles. The zero-order chi connectivity index (χ0) is 21.8. The van der Waals surface area contributed by atoms with Crippen LogP contribution in [0.1, 0.15) is 42.7 Å². The average molecular weight is 552 g/mol. The third-order valence-corrected chi connectivity index (χ3v) is 7.15. The highest BCUT2D eigenvalue weighted by atomic mass is 79.9. The van der Waals surface area contributed by atoms with Crippen molar-refractivity contribution in [3.63, 3.8) is 0 Å². The summed E-state index contributed by atoms with van der Waals surface area (Å²) in [6.45, 7) is 8.25. The van der Waals surface area contributed by atoms with Gasteiger partial charge in [0.25, 0.3) is 5.91 Å². The van der Waals surface area contributed by atoms with E-state index >= 15 is 0 Å². The van der Waals surface area contributed by atoms with Gasteiger partial charge in [0.1, 0.15) is 5.75 Å². The second-order valence-corrected chi connectivity index (χ2v) is 10.1. The van der Waals surface area contributed by atoms with Gasteiger partial charge in [-0.15, -0.1) is 11.3 Å². The number of nitrogens with zero attached hydrogens (tertiary/aromatic N) is 1. The van der Waals surface area contributed by atoms with Crippen molar-refractivity contribution in [1.29, 1.82) is 0 Å². The molecule has 3 aromatic rings. The summed E-state index contributed by atoms with van der Waals surface area (Å²) in [6, 6.07) is 12.1. The summed E-state index contributed by atoms with van der Waals surface area (Å²) in [5, 5.41) is 3.48. The number of ether oxygens (including phenoxy) is 1. The smallest absolute Gasteiger partial charge is 0.264 e. The van der Waals surface area contributed by atoms with Gasteiger partial charge in [0.15, 0.2) is 11.7 Å². The molecule has 1 aromatic heterocycles. The van der Waals surface area contributed by atoms with Gasteiger partial charge in [-0.3, -0.25) is 10.1 Å². The van der Waals surface area contributed by atoms with E-state index in [9.17, 15) is 4.79 Å². The topological polar surface area (TPSA) is 51.2 Å². The highest BCUT2D eigenvalue weighted by molar-refractivity contribution is 9.10. The zero-order valence-electron chi connectivity index (χ0n) is 17.4. The second-order valence-electron chi connectivity index (χ2n) is 7.28. The van der Waals surface area contributed by atoms with Crippen molar-refractivity contribution in [1.82, 2.24) is 4.98 Å². The number of benzene rings is 2. The first kappa shape index (κ1) is 23.0. The predicted octanol–water partition coefficient (Wildman–Crippen LogP) is 7.35. The highest BCUT2D eigenvalue weighted by Gasteiger charge is 2.16. The number of aromatic nitrogens is 1. The Labute approximate surface area is 198 Å². The molecule has 30 heavy (non-hydrogen) atoms. The number of thiazole rings is 1. The predicted molar refractivity (Wildman–Crippen MR) is 132 cm³/mol. The lowest BCUT2D eigenvalue weighted by atomic mass is 10.0. The number of nitrogens with one attached hydrogen (secondary N) is 1. The molecule has 0 unspecified atom stereocenters. The van der Waals surface area contributed by atoms with Crippen LogP contribution in [-0.2, 0) is 11.2 Å². The fourth-order valence-corrected chi connectivity index (χ4v) is 4.59. The number of hydrogen-bond donors (Lipinski definition) is 1.